The smallest absolute Gasteiger partial charge is 0.333 e. The molecular formula is C36H54N3O18P3. The highest BCUT2D eigenvalue weighted by atomic mass is 31.3. The predicted octanol–water partition coefficient (Wildman–Crippen LogP) is 5.65. The van der Waals surface area contributed by atoms with Gasteiger partial charge in [0.1, 0.15) is 52.9 Å². The van der Waals surface area contributed by atoms with Gasteiger partial charge < -0.3 is 46.5 Å². The van der Waals surface area contributed by atoms with E-state index in [9.17, 15) is 28.8 Å². The van der Waals surface area contributed by atoms with Gasteiger partial charge in [0.15, 0.2) is 0 Å². The van der Waals surface area contributed by atoms with Crippen LogP contribution in [0.5, 0.6) is 0 Å². The van der Waals surface area contributed by atoms with Crippen molar-refractivity contribution in [3.05, 3.63) is 72.9 Å². The molecule has 0 aromatic heterocycles. The van der Waals surface area contributed by atoms with E-state index in [1.807, 2.05) is 0 Å². The van der Waals surface area contributed by atoms with E-state index in [1.54, 1.807) is 0 Å². The third kappa shape index (κ3) is 20.1. The Bertz CT molecular complexity index is 1650. The minimum atomic E-state index is -4.14. The molecule has 1 aliphatic heterocycles. The van der Waals surface area contributed by atoms with E-state index in [0.29, 0.717) is 0 Å². The summed E-state index contributed by atoms with van der Waals surface area (Å²) in [5.41, 5.74) is 0.727. The number of esters is 6. The average molecular weight is 910 g/mol. The average Bonchev–Trinajstić information content (AvgIpc) is 3.18. The monoisotopic (exact) mass is 909 g/mol. The Morgan fingerprint density at radius 1 is 0.433 bits per heavy atom. The van der Waals surface area contributed by atoms with Crippen LogP contribution in [0.4, 0.5) is 0 Å². The first-order valence-corrected chi connectivity index (χ1v) is 21.7. The molecule has 0 fully saturated rings. The van der Waals surface area contributed by atoms with Gasteiger partial charge in [-0.3, -0.25) is 9.68 Å². The molecule has 2 atom stereocenters. The summed E-state index contributed by atoms with van der Waals surface area (Å²) < 4.78 is 63.2. The minimum Gasteiger partial charge on any atom is -0.460 e. The van der Waals surface area contributed by atoms with E-state index in [2.05, 4.69) is 39.5 Å². The summed E-state index contributed by atoms with van der Waals surface area (Å²) in [6, 6.07) is 0. The van der Waals surface area contributed by atoms with Gasteiger partial charge in [0, 0.05) is 33.4 Å². The first kappa shape index (κ1) is 54.0. The van der Waals surface area contributed by atoms with Crippen molar-refractivity contribution in [1.29, 1.82) is 0 Å². The van der Waals surface area contributed by atoms with Crippen molar-refractivity contribution in [2.24, 2.45) is 4.52 Å². The molecule has 336 valence electrons. The van der Waals surface area contributed by atoms with Crippen LogP contribution in [0.1, 0.15) is 41.5 Å². The van der Waals surface area contributed by atoms with E-state index < -0.39 is 60.4 Å². The topological polar surface area (TPSA) is 232 Å². The number of rotatable bonds is 30. The number of carbonyl (C=O) groups excluding carboxylic acids is 6. The van der Waals surface area contributed by atoms with Crippen molar-refractivity contribution in [1.82, 2.24) is 9.21 Å². The molecule has 2 unspecified atom stereocenters. The van der Waals surface area contributed by atoms with E-state index in [-0.39, 0.29) is 113 Å². The first-order valence-electron chi connectivity index (χ1n) is 17.8. The normalized spacial score (nSPS) is 16.0. The SMILES string of the molecule is C=C(C)C(=O)OCCON1P(OCCOC(=O)C(=C)C)N=P(OCCOC(=O)C(=C)C)(OCCOC(=O)C(=C)C)N(OCCOC(=O)C(=C)C)P1OCCOC(=O)C(=C)C. The summed E-state index contributed by atoms with van der Waals surface area (Å²) in [4.78, 5) is 85.4. The van der Waals surface area contributed by atoms with Gasteiger partial charge in [-0.05, 0) is 46.1 Å². The molecule has 1 aliphatic rings. The lowest BCUT2D eigenvalue weighted by molar-refractivity contribution is -0.147. The van der Waals surface area contributed by atoms with E-state index in [0.717, 1.165) is 9.21 Å². The maximum absolute atomic E-state index is 12.2. The quantitative estimate of drug-likeness (QED) is 0.0279. The fourth-order valence-corrected chi connectivity index (χ4v) is 11.2. The molecule has 24 heteroatoms. The summed E-state index contributed by atoms with van der Waals surface area (Å²) in [6.07, 6.45) is 0. The summed E-state index contributed by atoms with van der Waals surface area (Å²) >= 11 is 0. The maximum atomic E-state index is 12.2. The van der Waals surface area contributed by atoms with Crippen molar-refractivity contribution < 1.29 is 85.0 Å². The van der Waals surface area contributed by atoms with Crippen LogP contribution in [-0.4, -0.2) is 124 Å². The Morgan fingerprint density at radius 3 is 1.08 bits per heavy atom. The second-order valence-corrected chi connectivity index (χ2v) is 17.9. The standard InChI is InChI=1S/C36H54N3O18P3/c1-25(2)31(40)46-13-19-52-38-58(54-21-15-48-33(42)27(5)6)37-60(56-23-17-50-35(44)29(9)10,57-24-18-51-36(45)30(11)12)39(53-20-14-47-32(41)26(3)4)59(38)55-22-16-49-34(43)28(7)8/h1,3,5,7,9,11,13-24H2,2,4,6,8,10,12H3. The van der Waals surface area contributed by atoms with Crippen LogP contribution >= 0.6 is 24.6 Å². The molecule has 0 spiro atoms. The van der Waals surface area contributed by atoms with Gasteiger partial charge in [0.2, 0.25) is 0 Å². The number of ether oxygens (including phenoxy) is 6. The van der Waals surface area contributed by atoms with Gasteiger partial charge in [-0.15, -0.1) is 0 Å². The van der Waals surface area contributed by atoms with E-state index in [4.69, 9.17) is 60.7 Å². The predicted molar refractivity (Wildman–Crippen MR) is 217 cm³/mol. The van der Waals surface area contributed by atoms with Gasteiger partial charge in [-0.1, -0.05) is 44.1 Å². The lowest BCUT2D eigenvalue weighted by atomic mass is 10.4. The van der Waals surface area contributed by atoms with Gasteiger partial charge in [0.25, 0.3) is 16.9 Å². The Hall–Kier alpha value is -3.97. The maximum Gasteiger partial charge on any atom is 0.333 e. The van der Waals surface area contributed by atoms with Crippen LogP contribution < -0.4 is 0 Å². The molecule has 21 nitrogen and oxygen atoms in total. The molecule has 0 saturated carbocycles. The Labute approximate surface area is 352 Å². The molecule has 0 radical (unpaired) electrons. The number of carbonyl (C=O) groups is 6. The van der Waals surface area contributed by atoms with Crippen LogP contribution in [-0.2, 0) is 85.0 Å². The number of hydrogen-bond donors (Lipinski definition) is 0. The fraction of sp³-hybridized carbons (Fsp3) is 0.500. The van der Waals surface area contributed by atoms with Crippen LogP contribution in [0, 0.1) is 0 Å². The van der Waals surface area contributed by atoms with Crippen LogP contribution in [0.3, 0.4) is 0 Å². The van der Waals surface area contributed by atoms with Crippen LogP contribution in [0.2, 0.25) is 0 Å². The second kappa shape index (κ2) is 28.5. The third-order valence-electron chi connectivity index (χ3n) is 6.18. The summed E-state index contributed by atoms with van der Waals surface area (Å²) in [6.45, 7) is 26.0. The van der Waals surface area contributed by atoms with Crippen molar-refractivity contribution >= 4 is 60.4 Å². The molecule has 0 bridgehead atoms. The van der Waals surface area contributed by atoms with Crippen LogP contribution in [0.25, 0.3) is 0 Å². The minimum absolute atomic E-state index is 0.113. The second-order valence-electron chi connectivity index (χ2n) is 12.1. The number of hydrogen-bond acceptors (Lipinski definition) is 21. The zero-order chi connectivity index (χ0) is 45.4. The Morgan fingerprint density at radius 2 is 0.733 bits per heavy atom. The zero-order valence-electron chi connectivity index (χ0n) is 34.8. The molecule has 0 aliphatic carbocycles. The summed E-state index contributed by atoms with van der Waals surface area (Å²) in [5.74, 6) is -4.25. The van der Waals surface area contributed by atoms with E-state index in [1.165, 1.54) is 41.5 Å². The van der Waals surface area contributed by atoms with Gasteiger partial charge in [0.05, 0.1) is 26.4 Å². The van der Waals surface area contributed by atoms with Gasteiger partial charge in [-0.25, -0.2) is 28.8 Å². The Balaban J connectivity index is 3.92. The highest BCUT2D eigenvalue weighted by molar-refractivity contribution is 7.78. The van der Waals surface area contributed by atoms with Crippen molar-refractivity contribution in [2.45, 2.75) is 41.5 Å². The molecular weight excluding hydrogens is 855 g/mol. The van der Waals surface area contributed by atoms with Crippen molar-refractivity contribution in [3.63, 3.8) is 0 Å². The molecule has 0 aromatic rings. The largest absolute Gasteiger partial charge is 0.460 e. The molecule has 1 heterocycles. The third-order valence-corrected chi connectivity index (χ3v) is 13.4. The fourth-order valence-electron chi connectivity index (χ4n) is 3.31. The molecule has 60 heavy (non-hydrogen) atoms. The summed E-state index contributed by atoms with van der Waals surface area (Å²) in [5, 5.41) is 0. The van der Waals surface area contributed by atoms with Gasteiger partial charge >= 0.3 is 43.5 Å². The van der Waals surface area contributed by atoms with Crippen molar-refractivity contribution in [2.75, 3.05) is 79.3 Å². The van der Waals surface area contributed by atoms with Crippen LogP contribution in [0.15, 0.2) is 77.4 Å². The highest BCUT2D eigenvalue weighted by Crippen LogP contribution is 2.79. The Kier molecular flexibility index (Phi) is 25.7. The molecule has 0 N–H and O–H groups in total. The molecule has 0 aromatic carbocycles. The molecule has 1 rings (SSSR count). The molecule has 0 amide bonds. The van der Waals surface area contributed by atoms with E-state index >= 15 is 0 Å². The number of nitrogens with zero attached hydrogens (tertiary/aromatic N) is 3. The lowest BCUT2D eigenvalue weighted by Gasteiger charge is -2.45. The zero-order valence-corrected chi connectivity index (χ0v) is 37.4. The molecule has 0 saturated heterocycles. The summed E-state index contributed by atoms with van der Waals surface area (Å²) in [7, 11) is -9.16. The van der Waals surface area contributed by atoms with Gasteiger partial charge in [-0.2, -0.15) is 4.52 Å². The lowest BCUT2D eigenvalue weighted by Crippen LogP contribution is -2.34. The first-order chi connectivity index (χ1) is 28.2. The highest BCUT2D eigenvalue weighted by Gasteiger charge is 2.52. The van der Waals surface area contributed by atoms with Crippen molar-refractivity contribution in [3.8, 4) is 0 Å².